The standard InChI is InChI=1S/C56H82F3N3O11/c1-33-14-10-9-11-15-34(2)44(61-42-22-19-40(20-23-42)56(57,58)59)32-43-24-17-38(6)55(69,73-43)52(66)53(67)62-27-13-12-16-45(62)54(68)72-47(35(3)29-39-18-25-46(63)48(31-39)70-7)26-21-41(60)30-37(5)50(65)51(71-8)49(64)36(4)28-33/h9-11,14-15,19-20,22-23,30,33,35-36,38-39,41,43-48,50-51,61,63,65,69H,12-13,16-18,21,24-29,31-32,60H2,1-8H3/b11-9+,14-10+,34-15+,37-30+/t33-,35-,36-,38?,39?,41+,43?,44?,45+,46-,47+,48-,50-,51+,55-/m1/s1. The number of nitrogens with two attached hydrogens (primary N) is 1. The van der Waals surface area contributed by atoms with Crippen molar-refractivity contribution < 1.29 is 66.6 Å². The molecular formula is C56H82F3N3O11. The molecular weight excluding hydrogens is 948 g/mol. The van der Waals surface area contributed by atoms with E-state index in [0.29, 0.717) is 75.5 Å². The van der Waals surface area contributed by atoms with Gasteiger partial charge < -0.3 is 50.2 Å². The maximum atomic E-state index is 14.5. The number of piperidine rings is 1. The number of allylic oxidation sites excluding steroid dienone is 5. The van der Waals surface area contributed by atoms with Crippen LogP contribution in [0, 0.1) is 29.6 Å². The van der Waals surface area contributed by atoms with E-state index in [-0.39, 0.29) is 49.0 Å². The van der Waals surface area contributed by atoms with E-state index in [2.05, 4.69) is 5.32 Å². The van der Waals surface area contributed by atoms with Gasteiger partial charge in [-0.1, -0.05) is 69.7 Å². The Morgan fingerprint density at radius 1 is 0.877 bits per heavy atom. The lowest BCUT2D eigenvalue weighted by atomic mass is 9.78. The Morgan fingerprint density at radius 3 is 2.26 bits per heavy atom. The Labute approximate surface area is 430 Å². The largest absolute Gasteiger partial charge is 0.461 e. The van der Waals surface area contributed by atoms with Gasteiger partial charge in [0.1, 0.15) is 24.4 Å². The van der Waals surface area contributed by atoms with Crippen LogP contribution in [0.5, 0.6) is 0 Å². The summed E-state index contributed by atoms with van der Waals surface area (Å²) in [6.07, 6.45) is 7.42. The number of methoxy groups -OCH3 is 2. The fourth-order valence-electron chi connectivity index (χ4n) is 11.0. The third-order valence-electron chi connectivity index (χ3n) is 15.6. The number of hydrogen-bond donors (Lipinski definition) is 5. The number of carbonyl (C=O) groups is 4. The molecule has 1 amide bonds. The van der Waals surface area contributed by atoms with Crippen molar-refractivity contribution in [1.82, 2.24) is 4.90 Å². The number of nitrogens with zero attached hydrogens (tertiary/aromatic N) is 1. The fraction of sp³-hybridized carbons (Fsp3) is 0.679. The van der Waals surface area contributed by atoms with Crippen molar-refractivity contribution in [3.05, 3.63) is 77.4 Å². The summed E-state index contributed by atoms with van der Waals surface area (Å²) in [5.41, 5.74) is 7.47. The van der Waals surface area contributed by atoms with Crippen LogP contribution in [0.3, 0.4) is 0 Å². The summed E-state index contributed by atoms with van der Waals surface area (Å²) in [4.78, 5) is 58.3. The molecule has 15 atom stereocenters. The van der Waals surface area contributed by atoms with Gasteiger partial charge >= 0.3 is 12.1 Å². The summed E-state index contributed by atoms with van der Waals surface area (Å²) in [5, 5.41) is 37.5. The lowest BCUT2D eigenvalue weighted by molar-refractivity contribution is -0.263. The van der Waals surface area contributed by atoms with Gasteiger partial charge in [-0.05, 0) is 145 Å². The zero-order valence-electron chi connectivity index (χ0n) is 44.0. The number of carbonyl (C=O) groups excluding carboxylic acids is 4. The summed E-state index contributed by atoms with van der Waals surface area (Å²) in [5.74, 6) is -7.14. The number of rotatable bonds is 7. The van der Waals surface area contributed by atoms with Crippen LogP contribution in [0.25, 0.3) is 0 Å². The molecule has 6 N–H and O–H groups in total. The van der Waals surface area contributed by atoms with Gasteiger partial charge in [0.15, 0.2) is 5.78 Å². The van der Waals surface area contributed by atoms with Crippen LogP contribution in [0.4, 0.5) is 18.9 Å². The zero-order chi connectivity index (χ0) is 53.8. The molecule has 2 saturated heterocycles. The van der Waals surface area contributed by atoms with E-state index in [1.807, 2.05) is 45.1 Å². The molecule has 3 aliphatic heterocycles. The molecule has 4 unspecified atom stereocenters. The number of benzene rings is 1. The van der Waals surface area contributed by atoms with Crippen LogP contribution in [0.1, 0.15) is 131 Å². The lowest BCUT2D eigenvalue weighted by Gasteiger charge is -2.43. The van der Waals surface area contributed by atoms with Crippen molar-refractivity contribution in [1.29, 1.82) is 0 Å². The Morgan fingerprint density at radius 2 is 1.59 bits per heavy atom. The highest BCUT2D eigenvalue weighted by molar-refractivity contribution is 6.39. The summed E-state index contributed by atoms with van der Waals surface area (Å²) in [6.45, 7) is 11.0. The van der Waals surface area contributed by atoms with Crippen LogP contribution in [0.2, 0.25) is 0 Å². The minimum Gasteiger partial charge on any atom is -0.461 e. The van der Waals surface area contributed by atoms with Crippen molar-refractivity contribution in [2.75, 3.05) is 26.1 Å². The third kappa shape index (κ3) is 16.1. The number of aliphatic hydroxyl groups is 3. The van der Waals surface area contributed by atoms with Crippen LogP contribution < -0.4 is 11.1 Å². The monoisotopic (exact) mass is 1030 g/mol. The number of amides is 1. The quantitative estimate of drug-likeness (QED) is 0.0994. The number of aliphatic hydroxyl groups excluding tert-OH is 2. The number of alkyl halides is 3. The van der Waals surface area contributed by atoms with Crippen LogP contribution >= 0.6 is 0 Å². The van der Waals surface area contributed by atoms with Gasteiger partial charge in [0.05, 0.1) is 23.9 Å². The molecule has 0 radical (unpaired) electrons. The molecule has 5 rings (SSSR count). The highest BCUT2D eigenvalue weighted by Crippen LogP contribution is 2.38. The molecule has 3 heterocycles. The average molecular weight is 1030 g/mol. The topological polar surface area (TPSA) is 207 Å². The molecule has 17 heteroatoms. The molecule has 4 aliphatic rings. The van der Waals surface area contributed by atoms with Gasteiger partial charge in [-0.2, -0.15) is 13.2 Å². The second kappa shape index (κ2) is 27.0. The number of ether oxygens (including phenoxy) is 4. The summed E-state index contributed by atoms with van der Waals surface area (Å²) in [7, 11) is 2.95. The van der Waals surface area contributed by atoms with Gasteiger partial charge in [-0.25, -0.2) is 4.79 Å². The average Bonchev–Trinajstić information content (AvgIpc) is 3.35. The van der Waals surface area contributed by atoms with Crippen LogP contribution in [-0.2, 0) is 44.3 Å². The third-order valence-corrected chi connectivity index (χ3v) is 15.6. The Hall–Kier alpha value is -4.23. The highest BCUT2D eigenvalue weighted by atomic mass is 19.4. The highest BCUT2D eigenvalue weighted by Gasteiger charge is 2.53. The molecule has 408 valence electrons. The van der Waals surface area contributed by atoms with Crippen LogP contribution in [-0.4, -0.2) is 125 Å². The number of esters is 1. The molecule has 1 saturated carbocycles. The first-order chi connectivity index (χ1) is 34.5. The van der Waals surface area contributed by atoms with Gasteiger partial charge in [0.2, 0.25) is 5.79 Å². The smallest absolute Gasteiger partial charge is 0.416 e. The van der Waals surface area contributed by atoms with Crippen molar-refractivity contribution in [2.24, 2.45) is 35.3 Å². The summed E-state index contributed by atoms with van der Waals surface area (Å²) < 4.78 is 64.3. The summed E-state index contributed by atoms with van der Waals surface area (Å²) >= 11 is 0. The molecule has 14 nitrogen and oxygen atoms in total. The van der Waals surface area contributed by atoms with E-state index in [0.717, 1.165) is 24.1 Å². The Kier molecular flexibility index (Phi) is 22.1. The SMILES string of the molecule is CO[C@@H]1CC(C[C@@H](C)[C@@H]2CC[C@H](N)/C=C(\C)[C@@H](O)[C@@H](OC)C(=O)[C@H](C)C[C@H](C)/C=C/C=C/C=C(\C)C(Nc3ccc(C(F)(F)F)cc3)CC3CCC(C)[C@@](O)(O3)C(=O)C(=O)N3CCCC[C@H]3C(=O)O2)CC[C@H]1O. The van der Waals surface area contributed by atoms with Crippen molar-refractivity contribution in [3.8, 4) is 0 Å². The minimum atomic E-state index is -4.53. The van der Waals surface area contributed by atoms with E-state index in [1.165, 1.54) is 24.1 Å². The molecule has 1 aliphatic carbocycles. The van der Waals surface area contributed by atoms with E-state index in [4.69, 9.17) is 24.7 Å². The molecule has 0 spiro atoms. The van der Waals surface area contributed by atoms with Crippen molar-refractivity contribution in [3.63, 3.8) is 0 Å². The number of cyclic esters (lactones) is 1. The normalized spacial score (nSPS) is 37.4. The zero-order valence-corrected chi connectivity index (χ0v) is 44.0. The first-order valence-corrected chi connectivity index (χ1v) is 26.3. The molecule has 3 fully saturated rings. The Bertz CT molecular complexity index is 2130. The number of halogens is 3. The van der Waals surface area contributed by atoms with Gasteiger partial charge in [0.25, 0.3) is 11.7 Å². The second-order valence-electron chi connectivity index (χ2n) is 21.4. The minimum absolute atomic E-state index is 0.0472. The number of hydrogen-bond acceptors (Lipinski definition) is 13. The number of nitrogens with one attached hydrogen (secondary N) is 1. The first-order valence-electron chi connectivity index (χ1n) is 26.3. The van der Waals surface area contributed by atoms with E-state index >= 15 is 0 Å². The number of Topliss-reactive ketones (excluding diaryl/α,β-unsaturated/α-hetero) is 2. The van der Waals surface area contributed by atoms with Crippen molar-refractivity contribution in [2.45, 2.75) is 192 Å². The molecule has 0 aromatic heterocycles. The fourth-order valence-corrected chi connectivity index (χ4v) is 11.0. The van der Waals surface area contributed by atoms with E-state index < -0.39 is 95.7 Å². The maximum absolute atomic E-state index is 14.5. The van der Waals surface area contributed by atoms with Gasteiger partial charge in [0, 0.05) is 50.4 Å². The lowest BCUT2D eigenvalue weighted by Crippen LogP contribution is -2.61. The summed E-state index contributed by atoms with van der Waals surface area (Å²) in [6, 6.07) is 2.30. The number of ketones is 2. The number of anilines is 1. The van der Waals surface area contributed by atoms with E-state index in [1.54, 1.807) is 40.0 Å². The molecule has 1 aromatic rings. The first kappa shape index (κ1) is 59.6. The predicted octanol–water partition coefficient (Wildman–Crippen LogP) is 8.18. The van der Waals surface area contributed by atoms with Crippen LogP contribution in [0.15, 0.2) is 71.9 Å². The second-order valence-corrected chi connectivity index (χ2v) is 21.4. The Balaban J connectivity index is 1.49. The van der Waals surface area contributed by atoms with Gasteiger partial charge in [-0.15, -0.1) is 0 Å². The molecule has 1 aromatic carbocycles. The maximum Gasteiger partial charge on any atom is 0.416 e. The molecule has 2 bridgehead atoms. The van der Waals surface area contributed by atoms with E-state index in [9.17, 15) is 47.7 Å². The van der Waals surface area contributed by atoms with Crippen molar-refractivity contribution >= 4 is 29.1 Å². The van der Waals surface area contributed by atoms with Gasteiger partial charge in [-0.3, -0.25) is 14.4 Å². The molecule has 73 heavy (non-hydrogen) atoms. The number of fused-ring (bicyclic) bond motifs is 3. The predicted molar refractivity (Wildman–Crippen MR) is 272 cm³/mol.